The van der Waals surface area contributed by atoms with Gasteiger partial charge in [0.05, 0.1) is 31.1 Å². The maximum atomic E-state index is 12.0. The zero-order valence-corrected chi connectivity index (χ0v) is 13.4. The molecule has 6 nitrogen and oxygen atoms in total. The Hall–Kier alpha value is -2.15. The fourth-order valence-corrected chi connectivity index (χ4v) is 2.27. The van der Waals surface area contributed by atoms with Crippen molar-refractivity contribution in [3.63, 3.8) is 0 Å². The smallest absolute Gasteiger partial charge is 0.347 e. The van der Waals surface area contributed by atoms with Gasteiger partial charge in [-0.2, -0.15) is 0 Å². The second-order valence-electron chi connectivity index (χ2n) is 4.20. The summed E-state index contributed by atoms with van der Waals surface area (Å²) >= 11 is 17.4. The van der Waals surface area contributed by atoms with Crippen molar-refractivity contribution in [1.29, 1.82) is 0 Å². The van der Waals surface area contributed by atoms with Crippen LogP contribution in [0.2, 0.25) is 15.1 Å². The Balaban J connectivity index is 2.24. The van der Waals surface area contributed by atoms with E-state index in [-0.39, 0.29) is 31.9 Å². The number of carbonyl (C=O) groups is 2. The normalized spacial score (nSPS) is 10.2. The third-order valence-electron chi connectivity index (χ3n) is 2.74. The molecule has 0 atom stereocenters. The van der Waals surface area contributed by atoms with Crippen molar-refractivity contribution in [2.45, 2.75) is 0 Å². The third kappa shape index (κ3) is 3.79. The molecule has 0 fully saturated rings. The minimum atomic E-state index is -1.06. The van der Waals surface area contributed by atoms with Crippen LogP contribution in [0.25, 0.3) is 0 Å². The maximum absolute atomic E-state index is 12.0. The Morgan fingerprint density at radius 1 is 0.957 bits per heavy atom. The van der Waals surface area contributed by atoms with E-state index in [0.29, 0.717) is 0 Å². The van der Waals surface area contributed by atoms with Gasteiger partial charge in [-0.25, -0.2) is 9.59 Å². The van der Waals surface area contributed by atoms with E-state index in [1.54, 1.807) is 0 Å². The highest BCUT2D eigenvalue weighted by Crippen LogP contribution is 2.27. The van der Waals surface area contributed by atoms with Crippen LogP contribution in [0.5, 0.6) is 0 Å². The van der Waals surface area contributed by atoms with Crippen LogP contribution in [-0.4, -0.2) is 16.9 Å². The van der Waals surface area contributed by atoms with Crippen molar-refractivity contribution in [1.82, 2.24) is 0 Å². The van der Waals surface area contributed by atoms with E-state index in [1.807, 2.05) is 0 Å². The highest BCUT2D eigenvalue weighted by Gasteiger charge is 2.21. The Kier molecular flexibility index (Phi) is 5.20. The van der Waals surface area contributed by atoms with Gasteiger partial charge < -0.3 is 4.74 Å². The Morgan fingerprint density at radius 2 is 1.61 bits per heavy atom. The van der Waals surface area contributed by atoms with Crippen molar-refractivity contribution in [2.24, 2.45) is 0 Å². The Bertz CT molecular complexity index is 822. The number of hydrogen-bond donors (Lipinski definition) is 0. The van der Waals surface area contributed by atoms with Crippen LogP contribution in [0.15, 0.2) is 36.4 Å². The van der Waals surface area contributed by atoms with Crippen LogP contribution >= 0.6 is 34.8 Å². The first kappa shape index (κ1) is 17.2. The lowest BCUT2D eigenvalue weighted by atomic mass is 10.2. The molecule has 0 aliphatic carbocycles. The molecule has 0 aliphatic rings. The lowest BCUT2D eigenvalue weighted by molar-refractivity contribution is -0.384. The lowest BCUT2D eigenvalue weighted by Crippen LogP contribution is -2.14. The number of carbonyl (C=O) groups excluding carboxylic acids is 2. The van der Waals surface area contributed by atoms with Gasteiger partial charge in [0.15, 0.2) is 0 Å². The second-order valence-corrected chi connectivity index (χ2v) is 5.39. The molecule has 0 amide bonds. The zero-order valence-electron chi connectivity index (χ0n) is 11.1. The Morgan fingerprint density at radius 3 is 2.22 bits per heavy atom. The predicted molar refractivity (Wildman–Crippen MR) is 84.3 cm³/mol. The van der Waals surface area contributed by atoms with Crippen molar-refractivity contribution in [3.8, 4) is 0 Å². The van der Waals surface area contributed by atoms with E-state index >= 15 is 0 Å². The summed E-state index contributed by atoms with van der Waals surface area (Å²) in [6.45, 7) is 0. The molecule has 0 saturated carbocycles. The molecule has 0 heterocycles. The van der Waals surface area contributed by atoms with Crippen LogP contribution in [0.3, 0.4) is 0 Å². The van der Waals surface area contributed by atoms with Gasteiger partial charge in [-0.05, 0) is 18.2 Å². The number of halogens is 3. The number of nitro groups is 1. The molecule has 2 rings (SSSR count). The molecule has 2 aromatic rings. The molecule has 0 unspecified atom stereocenters. The number of nitro benzene ring substituents is 1. The number of ether oxygens (including phenoxy) is 1. The largest absolute Gasteiger partial charge is 0.386 e. The van der Waals surface area contributed by atoms with Gasteiger partial charge in [0, 0.05) is 12.1 Å². The van der Waals surface area contributed by atoms with E-state index < -0.39 is 16.9 Å². The molecule has 0 aromatic heterocycles. The molecule has 0 bridgehead atoms. The maximum Gasteiger partial charge on any atom is 0.347 e. The molecule has 118 valence electrons. The summed E-state index contributed by atoms with van der Waals surface area (Å²) < 4.78 is 4.66. The second kappa shape index (κ2) is 6.95. The summed E-state index contributed by atoms with van der Waals surface area (Å²) in [7, 11) is 0. The summed E-state index contributed by atoms with van der Waals surface area (Å²) in [4.78, 5) is 33.9. The van der Waals surface area contributed by atoms with Gasteiger partial charge in [-0.15, -0.1) is 0 Å². The standard InChI is InChI=1S/C14H6Cl3NO5/c15-10-3-1-2-9(12(10)17)14(20)23-13(19)8-5-4-7(18(21)22)6-11(8)16/h1-6H. The summed E-state index contributed by atoms with van der Waals surface area (Å²) in [6, 6.07) is 7.41. The first-order valence-electron chi connectivity index (χ1n) is 5.95. The summed E-state index contributed by atoms with van der Waals surface area (Å²) in [5.41, 5.74) is -0.579. The SMILES string of the molecule is O=C(OC(=O)c1cccc(Cl)c1Cl)c1ccc([N+](=O)[O-])cc1Cl. The summed E-state index contributed by atoms with van der Waals surface area (Å²) in [5.74, 6) is -2.08. The predicted octanol–water partition coefficient (Wildman–Crippen LogP) is 4.55. The highest BCUT2D eigenvalue weighted by molar-refractivity contribution is 6.43. The minimum absolute atomic E-state index is 0.0539. The van der Waals surface area contributed by atoms with E-state index in [9.17, 15) is 19.7 Å². The number of non-ortho nitro benzene ring substituents is 1. The zero-order chi connectivity index (χ0) is 17.1. The number of hydrogen-bond acceptors (Lipinski definition) is 5. The van der Waals surface area contributed by atoms with Crippen LogP contribution in [-0.2, 0) is 4.74 Å². The molecule has 0 N–H and O–H groups in total. The van der Waals surface area contributed by atoms with Crippen LogP contribution in [0.4, 0.5) is 5.69 Å². The molecule has 23 heavy (non-hydrogen) atoms. The average Bonchev–Trinajstić information content (AvgIpc) is 2.49. The molecule has 0 aliphatic heterocycles. The van der Waals surface area contributed by atoms with Crippen molar-refractivity contribution < 1.29 is 19.2 Å². The minimum Gasteiger partial charge on any atom is -0.386 e. The lowest BCUT2D eigenvalue weighted by Gasteiger charge is -2.06. The van der Waals surface area contributed by atoms with E-state index in [0.717, 1.165) is 18.2 Å². The van der Waals surface area contributed by atoms with Crippen molar-refractivity contribution in [3.05, 3.63) is 72.7 Å². The van der Waals surface area contributed by atoms with Crippen LogP contribution < -0.4 is 0 Å². The van der Waals surface area contributed by atoms with Crippen molar-refractivity contribution >= 4 is 52.4 Å². The van der Waals surface area contributed by atoms with E-state index in [1.165, 1.54) is 18.2 Å². The van der Waals surface area contributed by atoms with Crippen LogP contribution in [0, 0.1) is 10.1 Å². The molecular weight excluding hydrogens is 369 g/mol. The van der Waals surface area contributed by atoms with Gasteiger partial charge in [0.2, 0.25) is 0 Å². The molecule has 0 saturated heterocycles. The number of rotatable bonds is 3. The summed E-state index contributed by atoms with van der Waals surface area (Å²) in [5, 5.41) is 10.5. The van der Waals surface area contributed by atoms with E-state index in [2.05, 4.69) is 4.74 Å². The number of benzene rings is 2. The molecule has 0 radical (unpaired) electrons. The third-order valence-corrected chi connectivity index (χ3v) is 3.87. The number of esters is 2. The first-order chi connectivity index (χ1) is 10.8. The van der Waals surface area contributed by atoms with E-state index in [4.69, 9.17) is 34.8 Å². The molecule has 2 aromatic carbocycles. The van der Waals surface area contributed by atoms with Gasteiger partial charge in [-0.3, -0.25) is 10.1 Å². The molecule has 0 spiro atoms. The average molecular weight is 375 g/mol. The highest BCUT2D eigenvalue weighted by atomic mass is 35.5. The van der Waals surface area contributed by atoms with Crippen molar-refractivity contribution in [2.75, 3.05) is 0 Å². The number of nitrogens with zero attached hydrogens (tertiary/aromatic N) is 1. The van der Waals surface area contributed by atoms with Gasteiger partial charge in [0.1, 0.15) is 0 Å². The molecular formula is C14H6Cl3NO5. The monoisotopic (exact) mass is 373 g/mol. The quantitative estimate of drug-likeness (QED) is 0.340. The van der Waals surface area contributed by atoms with Gasteiger partial charge >= 0.3 is 11.9 Å². The van der Waals surface area contributed by atoms with Gasteiger partial charge in [0.25, 0.3) is 5.69 Å². The molecule has 9 heteroatoms. The Labute approximate surface area is 144 Å². The first-order valence-corrected chi connectivity index (χ1v) is 7.09. The fraction of sp³-hybridized carbons (Fsp3) is 0. The van der Waals surface area contributed by atoms with Crippen LogP contribution in [0.1, 0.15) is 20.7 Å². The topological polar surface area (TPSA) is 86.5 Å². The fourth-order valence-electron chi connectivity index (χ4n) is 1.64. The van der Waals surface area contributed by atoms with Gasteiger partial charge in [-0.1, -0.05) is 40.9 Å². The summed E-state index contributed by atoms with van der Waals surface area (Å²) in [6.07, 6.45) is 0.